The Labute approximate surface area is 44.5 Å². The molecular weight excluding hydrogens is 185 g/mol. The van der Waals surface area contributed by atoms with Crippen LogP contribution in [0.5, 0.6) is 0 Å². The first-order valence-corrected chi connectivity index (χ1v) is 2.15. The molecular formula is CHBFIO. The molecule has 0 amide bonds. The lowest BCUT2D eigenvalue weighted by molar-refractivity contribution is 0.186. The Kier molecular flexibility index (Phi) is 3.30. The molecule has 0 aromatic heterocycles. The molecule has 0 heterocycles. The molecule has 0 spiro atoms. The van der Waals surface area contributed by atoms with Crippen LogP contribution in [-0.2, 0) is 4.65 Å². The van der Waals surface area contributed by atoms with Gasteiger partial charge in [-0.15, -0.1) is 0 Å². The molecule has 1 unspecified atom stereocenters. The predicted molar refractivity (Wildman–Crippen MR) is 25.8 cm³/mol. The molecule has 0 fully saturated rings. The van der Waals surface area contributed by atoms with Gasteiger partial charge in [0, 0.05) is 0 Å². The van der Waals surface area contributed by atoms with Crippen LogP contribution in [0.4, 0.5) is 4.39 Å². The van der Waals surface area contributed by atoms with Crippen LogP contribution in [0.1, 0.15) is 0 Å². The van der Waals surface area contributed by atoms with Crippen molar-refractivity contribution in [3.8, 4) is 0 Å². The molecule has 0 aromatic rings. The summed E-state index contributed by atoms with van der Waals surface area (Å²) in [6, 6.07) is 0. The van der Waals surface area contributed by atoms with Gasteiger partial charge in [0.1, 0.15) is 0 Å². The average molecular weight is 186 g/mol. The van der Waals surface area contributed by atoms with Gasteiger partial charge in [-0.05, 0) is 22.6 Å². The highest BCUT2D eigenvalue weighted by Gasteiger charge is 1.86. The van der Waals surface area contributed by atoms with E-state index in [1.807, 2.05) is 0 Å². The maximum absolute atomic E-state index is 11.1. The standard InChI is InChI=1S/CHBFIO/c2-5-1(3)4/h1H. The first-order valence-electron chi connectivity index (χ1n) is 0.908. The van der Waals surface area contributed by atoms with Gasteiger partial charge in [0.25, 0.3) is 8.05 Å². The third kappa shape index (κ3) is 4.68. The van der Waals surface area contributed by atoms with Crippen molar-refractivity contribution >= 4 is 30.6 Å². The SMILES string of the molecule is [B]OC(F)I. The molecule has 0 aliphatic rings. The van der Waals surface area contributed by atoms with Crippen molar-refractivity contribution in [3.63, 3.8) is 0 Å². The van der Waals surface area contributed by atoms with Crippen LogP contribution in [0, 0.1) is 0 Å². The van der Waals surface area contributed by atoms with E-state index in [4.69, 9.17) is 0 Å². The van der Waals surface area contributed by atoms with Crippen molar-refractivity contribution in [2.24, 2.45) is 0 Å². The highest BCUT2D eigenvalue weighted by molar-refractivity contribution is 14.1. The van der Waals surface area contributed by atoms with Gasteiger partial charge in [-0.2, -0.15) is 0 Å². The highest BCUT2D eigenvalue weighted by Crippen LogP contribution is 1.98. The van der Waals surface area contributed by atoms with E-state index in [1.165, 1.54) is 22.6 Å². The molecule has 0 saturated carbocycles. The smallest absolute Gasteiger partial charge is 0.287 e. The molecule has 0 N–H and O–H groups in total. The summed E-state index contributed by atoms with van der Waals surface area (Å²) in [4.78, 5) is 0. The first kappa shape index (κ1) is 5.68. The van der Waals surface area contributed by atoms with E-state index in [1.54, 1.807) is 0 Å². The minimum atomic E-state index is -1.37. The van der Waals surface area contributed by atoms with Crippen LogP contribution in [-0.4, -0.2) is 12.4 Å². The van der Waals surface area contributed by atoms with Gasteiger partial charge in [-0.3, -0.25) is 0 Å². The van der Waals surface area contributed by atoms with E-state index in [2.05, 4.69) is 12.7 Å². The monoisotopic (exact) mass is 186 g/mol. The lowest BCUT2D eigenvalue weighted by Crippen LogP contribution is -1.88. The normalized spacial score (nSPS) is 14.8. The zero-order valence-electron chi connectivity index (χ0n) is 2.32. The van der Waals surface area contributed by atoms with Crippen LogP contribution in [0.2, 0.25) is 0 Å². The second-order valence-electron chi connectivity index (χ2n) is 0.397. The molecule has 28 valence electrons. The van der Waals surface area contributed by atoms with E-state index >= 15 is 0 Å². The largest absolute Gasteiger partial charge is 0.414 e. The van der Waals surface area contributed by atoms with Crippen molar-refractivity contribution in [2.45, 2.75) is 4.36 Å². The molecule has 5 heavy (non-hydrogen) atoms. The van der Waals surface area contributed by atoms with Crippen molar-refractivity contribution < 1.29 is 9.04 Å². The molecule has 1 atom stereocenters. The molecule has 0 bridgehead atoms. The lowest BCUT2D eigenvalue weighted by atomic mass is 10.6. The van der Waals surface area contributed by atoms with Crippen LogP contribution in [0.25, 0.3) is 0 Å². The Hall–Kier alpha value is 0.685. The minimum absolute atomic E-state index is 1.37. The molecule has 0 aromatic carbocycles. The fraction of sp³-hybridized carbons (Fsp3) is 1.00. The van der Waals surface area contributed by atoms with Gasteiger partial charge >= 0.3 is 0 Å². The molecule has 2 radical (unpaired) electrons. The van der Waals surface area contributed by atoms with Crippen LogP contribution >= 0.6 is 22.6 Å². The zero-order chi connectivity index (χ0) is 4.28. The lowest BCUT2D eigenvalue weighted by Gasteiger charge is -1.88. The van der Waals surface area contributed by atoms with Crippen LogP contribution < -0.4 is 0 Å². The summed E-state index contributed by atoms with van der Waals surface area (Å²) in [5.74, 6) is 0. The fourth-order valence-corrected chi connectivity index (χ4v) is 0. The summed E-state index contributed by atoms with van der Waals surface area (Å²) in [5.41, 5.74) is 0. The topological polar surface area (TPSA) is 9.23 Å². The van der Waals surface area contributed by atoms with Crippen LogP contribution in [0.15, 0.2) is 0 Å². The molecule has 0 aliphatic heterocycles. The van der Waals surface area contributed by atoms with Gasteiger partial charge in [0.05, 0.1) is 0 Å². The quantitative estimate of drug-likeness (QED) is 0.333. The molecule has 0 aliphatic carbocycles. The van der Waals surface area contributed by atoms with Crippen LogP contribution in [0.3, 0.4) is 0 Å². The molecule has 4 heteroatoms. The van der Waals surface area contributed by atoms with Gasteiger partial charge in [-0.25, -0.2) is 4.39 Å². The Morgan fingerprint density at radius 3 is 2.20 bits per heavy atom. The van der Waals surface area contributed by atoms with E-state index in [0.29, 0.717) is 0 Å². The van der Waals surface area contributed by atoms with E-state index in [-0.39, 0.29) is 0 Å². The fourth-order valence-electron chi connectivity index (χ4n) is 0. The summed E-state index contributed by atoms with van der Waals surface area (Å²) in [6.07, 6.45) is 0. The molecule has 1 nitrogen and oxygen atoms in total. The maximum Gasteiger partial charge on any atom is 0.287 e. The molecule has 0 rings (SSSR count). The predicted octanol–water partition coefficient (Wildman–Crippen LogP) is 0.775. The zero-order valence-corrected chi connectivity index (χ0v) is 4.48. The number of halogens is 2. The second kappa shape index (κ2) is 2.90. The van der Waals surface area contributed by atoms with Crippen molar-refractivity contribution in [2.75, 3.05) is 0 Å². The highest BCUT2D eigenvalue weighted by atomic mass is 127. The summed E-state index contributed by atoms with van der Waals surface area (Å²) in [6.45, 7) is 0. The molecule has 0 saturated heterocycles. The van der Waals surface area contributed by atoms with Crippen molar-refractivity contribution in [3.05, 3.63) is 0 Å². The summed E-state index contributed by atoms with van der Waals surface area (Å²) < 4.78 is 13.3. The number of hydrogen-bond acceptors (Lipinski definition) is 1. The number of hydrogen-bond donors (Lipinski definition) is 0. The Morgan fingerprint density at radius 2 is 2.20 bits per heavy atom. The Morgan fingerprint density at radius 1 is 2.00 bits per heavy atom. The summed E-state index contributed by atoms with van der Waals surface area (Å²) >= 11 is 1.39. The van der Waals surface area contributed by atoms with E-state index in [0.717, 1.165) is 0 Å². The summed E-state index contributed by atoms with van der Waals surface area (Å²) in [5, 5.41) is 0. The third-order valence-electron chi connectivity index (χ3n) is 0.103. The first-order chi connectivity index (χ1) is 2.27. The van der Waals surface area contributed by atoms with Crippen molar-refractivity contribution in [1.82, 2.24) is 0 Å². The van der Waals surface area contributed by atoms with Gasteiger partial charge in [0.15, 0.2) is 0 Å². The van der Waals surface area contributed by atoms with E-state index < -0.39 is 4.36 Å². The van der Waals surface area contributed by atoms with Gasteiger partial charge in [-0.1, -0.05) is 0 Å². The van der Waals surface area contributed by atoms with Gasteiger partial charge in [0.2, 0.25) is 4.36 Å². The number of rotatable bonds is 1. The minimum Gasteiger partial charge on any atom is -0.414 e. The van der Waals surface area contributed by atoms with Crippen molar-refractivity contribution in [1.29, 1.82) is 0 Å². The maximum atomic E-state index is 11.1. The van der Waals surface area contributed by atoms with E-state index in [9.17, 15) is 4.39 Å². The number of alkyl halides is 2. The Balaban J connectivity index is 2.54. The van der Waals surface area contributed by atoms with Gasteiger partial charge < -0.3 is 4.65 Å². The summed E-state index contributed by atoms with van der Waals surface area (Å²) in [7, 11) is 4.29. The average Bonchev–Trinajstić information content (AvgIpc) is 1.38. The third-order valence-corrected chi connectivity index (χ3v) is 0.396. The Bertz CT molecular complexity index is 25.6. The second-order valence-corrected chi connectivity index (χ2v) is 1.38.